The van der Waals surface area contributed by atoms with Gasteiger partial charge in [-0.05, 0) is 44.5 Å². The van der Waals surface area contributed by atoms with Crippen molar-refractivity contribution in [1.29, 1.82) is 0 Å². The van der Waals surface area contributed by atoms with Crippen molar-refractivity contribution < 1.29 is 17.3 Å². The van der Waals surface area contributed by atoms with E-state index in [-0.39, 0.29) is 11.5 Å². The molecule has 0 aliphatic heterocycles. The van der Waals surface area contributed by atoms with E-state index in [2.05, 4.69) is 5.92 Å². The molecular formula is C13H16O4S. The van der Waals surface area contributed by atoms with Gasteiger partial charge in [0.05, 0.1) is 11.0 Å². The van der Waals surface area contributed by atoms with Crippen LogP contribution in [0.5, 0.6) is 5.75 Å². The lowest BCUT2D eigenvalue weighted by atomic mass is 10.2. The van der Waals surface area contributed by atoms with E-state index >= 15 is 0 Å². The SMILES string of the molecule is C#CCOc1ccc(S(=O)(=O)OC(C)C)c(C)c1. The Bertz CT molecular complexity index is 553. The van der Waals surface area contributed by atoms with Gasteiger partial charge in [-0.2, -0.15) is 8.42 Å². The van der Waals surface area contributed by atoms with E-state index in [4.69, 9.17) is 15.3 Å². The first kappa shape index (κ1) is 14.6. The van der Waals surface area contributed by atoms with Gasteiger partial charge < -0.3 is 4.74 Å². The van der Waals surface area contributed by atoms with Crippen LogP contribution in [-0.4, -0.2) is 21.1 Å². The molecule has 0 unspecified atom stereocenters. The molecule has 0 N–H and O–H groups in total. The van der Waals surface area contributed by atoms with Crippen LogP contribution in [0.2, 0.25) is 0 Å². The molecule has 1 aromatic rings. The molecule has 0 bridgehead atoms. The minimum absolute atomic E-state index is 0.143. The van der Waals surface area contributed by atoms with Gasteiger partial charge in [0.1, 0.15) is 12.4 Å². The zero-order chi connectivity index (χ0) is 13.8. The van der Waals surface area contributed by atoms with Gasteiger partial charge in [0.15, 0.2) is 0 Å². The van der Waals surface area contributed by atoms with Crippen LogP contribution in [0, 0.1) is 19.3 Å². The standard InChI is InChI=1S/C13H16O4S/c1-5-8-16-12-6-7-13(11(4)9-12)18(14,15)17-10(2)3/h1,6-7,9-10H,8H2,2-4H3. The molecule has 1 rings (SSSR count). The number of terminal acetylenes is 1. The van der Waals surface area contributed by atoms with E-state index in [0.717, 1.165) is 0 Å². The Morgan fingerprint density at radius 3 is 2.56 bits per heavy atom. The topological polar surface area (TPSA) is 52.6 Å². The molecule has 0 saturated carbocycles. The third kappa shape index (κ3) is 3.76. The fraction of sp³-hybridized carbons (Fsp3) is 0.385. The van der Waals surface area contributed by atoms with Gasteiger partial charge in [0.25, 0.3) is 10.1 Å². The van der Waals surface area contributed by atoms with Crippen LogP contribution in [0.4, 0.5) is 0 Å². The van der Waals surface area contributed by atoms with Crippen molar-refractivity contribution in [2.24, 2.45) is 0 Å². The Balaban J connectivity index is 3.03. The summed E-state index contributed by atoms with van der Waals surface area (Å²) in [4.78, 5) is 0.143. The average molecular weight is 268 g/mol. The van der Waals surface area contributed by atoms with Crippen LogP contribution in [0.3, 0.4) is 0 Å². The zero-order valence-electron chi connectivity index (χ0n) is 10.6. The maximum atomic E-state index is 11.9. The van der Waals surface area contributed by atoms with Crippen LogP contribution >= 0.6 is 0 Å². The number of aryl methyl sites for hydroxylation is 1. The minimum atomic E-state index is -3.72. The van der Waals surface area contributed by atoms with E-state index in [0.29, 0.717) is 11.3 Å². The van der Waals surface area contributed by atoms with E-state index in [1.807, 2.05) is 0 Å². The number of hydrogen-bond donors (Lipinski definition) is 0. The summed E-state index contributed by atoms with van der Waals surface area (Å²) in [5.74, 6) is 2.88. The molecule has 4 nitrogen and oxygen atoms in total. The Kier molecular flexibility index (Phi) is 4.76. The Morgan fingerprint density at radius 1 is 1.39 bits per heavy atom. The van der Waals surface area contributed by atoms with Crippen LogP contribution in [0.1, 0.15) is 19.4 Å². The highest BCUT2D eigenvalue weighted by molar-refractivity contribution is 7.86. The molecule has 1 aromatic carbocycles. The number of hydrogen-bond acceptors (Lipinski definition) is 4. The highest BCUT2D eigenvalue weighted by atomic mass is 32.2. The predicted molar refractivity (Wildman–Crippen MR) is 68.9 cm³/mol. The highest BCUT2D eigenvalue weighted by Gasteiger charge is 2.19. The van der Waals surface area contributed by atoms with Crippen LogP contribution in [0.15, 0.2) is 23.1 Å². The quantitative estimate of drug-likeness (QED) is 0.606. The monoisotopic (exact) mass is 268 g/mol. The molecule has 0 amide bonds. The molecule has 0 aromatic heterocycles. The van der Waals surface area contributed by atoms with E-state index < -0.39 is 16.2 Å². The average Bonchev–Trinajstić information content (AvgIpc) is 2.24. The molecule has 0 aliphatic carbocycles. The summed E-state index contributed by atoms with van der Waals surface area (Å²) in [5.41, 5.74) is 0.560. The molecule has 0 radical (unpaired) electrons. The second-order valence-electron chi connectivity index (χ2n) is 4.02. The first-order valence-corrected chi connectivity index (χ1v) is 6.88. The van der Waals surface area contributed by atoms with E-state index in [1.54, 1.807) is 32.9 Å². The molecule has 0 aliphatic rings. The molecule has 5 heteroatoms. The van der Waals surface area contributed by atoms with E-state index in [1.165, 1.54) is 6.07 Å². The summed E-state index contributed by atoms with van der Waals surface area (Å²) in [6.07, 6.45) is 4.68. The molecule has 0 heterocycles. The lowest BCUT2D eigenvalue weighted by molar-refractivity contribution is 0.248. The van der Waals surface area contributed by atoms with Gasteiger partial charge in [-0.3, -0.25) is 4.18 Å². The number of benzene rings is 1. The predicted octanol–water partition coefficient (Wildman–Crippen LogP) is 2.12. The van der Waals surface area contributed by atoms with Crippen molar-refractivity contribution in [1.82, 2.24) is 0 Å². The highest BCUT2D eigenvalue weighted by Crippen LogP contribution is 2.23. The minimum Gasteiger partial charge on any atom is -0.481 e. The fourth-order valence-electron chi connectivity index (χ4n) is 1.42. The van der Waals surface area contributed by atoms with E-state index in [9.17, 15) is 8.42 Å². The number of rotatable bonds is 5. The smallest absolute Gasteiger partial charge is 0.297 e. The summed E-state index contributed by atoms with van der Waals surface area (Å²) in [7, 11) is -3.72. The summed E-state index contributed by atoms with van der Waals surface area (Å²) in [6.45, 7) is 5.15. The second kappa shape index (κ2) is 5.89. The molecule has 0 fully saturated rings. The van der Waals surface area contributed by atoms with Gasteiger partial charge >= 0.3 is 0 Å². The van der Waals surface area contributed by atoms with Crippen molar-refractivity contribution in [2.75, 3.05) is 6.61 Å². The van der Waals surface area contributed by atoms with Crippen molar-refractivity contribution in [3.8, 4) is 18.1 Å². The fourth-order valence-corrected chi connectivity index (χ4v) is 2.72. The molecule has 18 heavy (non-hydrogen) atoms. The Morgan fingerprint density at radius 2 is 2.06 bits per heavy atom. The van der Waals surface area contributed by atoms with Gasteiger partial charge in [-0.15, -0.1) is 6.42 Å². The third-order valence-electron chi connectivity index (χ3n) is 2.06. The zero-order valence-corrected chi connectivity index (χ0v) is 11.5. The summed E-state index contributed by atoms with van der Waals surface area (Å²) < 4.78 is 33.9. The first-order chi connectivity index (χ1) is 8.36. The Labute approximate surface area is 108 Å². The molecule has 0 atom stereocenters. The van der Waals surface area contributed by atoms with Crippen LogP contribution in [0.25, 0.3) is 0 Å². The molecular weight excluding hydrogens is 252 g/mol. The molecule has 0 saturated heterocycles. The van der Waals surface area contributed by atoms with Crippen molar-refractivity contribution in [2.45, 2.75) is 31.8 Å². The third-order valence-corrected chi connectivity index (χ3v) is 3.69. The maximum absolute atomic E-state index is 11.9. The second-order valence-corrected chi connectivity index (χ2v) is 5.56. The summed E-state index contributed by atoms with van der Waals surface area (Å²) >= 11 is 0. The molecule has 98 valence electrons. The number of ether oxygens (including phenoxy) is 1. The summed E-state index contributed by atoms with van der Waals surface area (Å²) in [5, 5.41) is 0. The lowest BCUT2D eigenvalue weighted by Crippen LogP contribution is -2.13. The molecule has 0 spiro atoms. The first-order valence-electron chi connectivity index (χ1n) is 5.47. The van der Waals surface area contributed by atoms with Gasteiger partial charge in [0.2, 0.25) is 0 Å². The van der Waals surface area contributed by atoms with Gasteiger partial charge in [-0.25, -0.2) is 0 Å². The lowest BCUT2D eigenvalue weighted by Gasteiger charge is -2.11. The van der Waals surface area contributed by atoms with Crippen molar-refractivity contribution >= 4 is 10.1 Å². The van der Waals surface area contributed by atoms with Gasteiger partial charge in [0, 0.05) is 0 Å². The maximum Gasteiger partial charge on any atom is 0.297 e. The van der Waals surface area contributed by atoms with Crippen molar-refractivity contribution in [3.63, 3.8) is 0 Å². The van der Waals surface area contributed by atoms with Crippen LogP contribution in [-0.2, 0) is 14.3 Å². The van der Waals surface area contributed by atoms with Crippen LogP contribution < -0.4 is 4.74 Å². The largest absolute Gasteiger partial charge is 0.481 e. The Hall–Kier alpha value is -1.51. The summed E-state index contributed by atoms with van der Waals surface area (Å²) in [6, 6.07) is 4.63. The normalized spacial score (nSPS) is 11.3. The van der Waals surface area contributed by atoms with Crippen molar-refractivity contribution in [3.05, 3.63) is 23.8 Å². The van der Waals surface area contributed by atoms with Gasteiger partial charge in [-0.1, -0.05) is 5.92 Å².